The van der Waals surface area contributed by atoms with E-state index in [2.05, 4.69) is 55.1 Å². The van der Waals surface area contributed by atoms with E-state index in [0.717, 1.165) is 26.1 Å². The van der Waals surface area contributed by atoms with E-state index in [-0.39, 0.29) is 0 Å². The highest BCUT2D eigenvalue weighted by molar-refractivity contribution is 5.83. The van der Waals surface area contributed by atoms with Gasteiger partial charge in [-0.3, -0.25) is 0 Å². The minimum Gasteiger partial charge on any atom is -0.361 e. The lowest BCUT2D eigenvalue weighted by Gasteiger charge is -2.17. The zero-order chi connectivity index (χ0) is 12.3. The molecule has 2 rings (SSSR count). The fourth-order valence-corrected chi connectivity index (χ4v) is 2.32. The Balaban J connectivity index is 2.16. The minimum absolute atomic E-state index is 1.13. The number of aryl methyl sites for hydroxylation is 1. The van der Waals surface area contributed by atoms with Gasteiger partial charge in [-0.15, -0.1) is 0 Å². The number of H-pyrrole nitrogens is 1. The Hall–Kier alpha value is -1.28. The summed E-state index contributed by atoms with van der Waals surface area (Å²) in [5, 5.41) is 1.39. The molecular formula is C15H22N2. The second-order valence-electron chi connectivity index (χ2n) is 4.64. The average molecular weight is 230 g/mol. The lowest BCUT2D eigenvalue weighted by atomic mass is 10.1. The molecule has 0 unspecified atom stereocenters. The Morgan fingerprint density at radius 3 is 2.65 bits per heavy atom. The lowest BCUT2D eigenvalue weighted by molar-refractivity contribution is 0.308. The van der Waals surface area contributed by atoms with Gasteiger partial charge in [-0.25, -0.2) is 0 Å². The molecule has 2 nitrogen and oxygen atoms in total. The van der Waals surface area contributed by atoms with Gasteiger partial charge in [0.2, 0.25) is 0 Å². The Bertz CT molecular complexity index is 481. The van der Waals surface area contributed by atoms with Crippen molar-refractivity contribution in [3.8, 4) is 0 Å². The van der Waals surface area contributed by atoms with Crippen LogP contribution >= 0.6 is 0 Å². The summed E-state index contributed by atoms with van der Waals surface area (Å²) in [6, 6.07) is 6.61. The number of hydrogen-bond acceptors (Lipinski definition) is 1. The van der Waals surface area contributed by atoms with Crippen LogP contribution in [0, 0.1) is 6.92 Å². The van der Waals surface area contributed by atoms with Crippen molar-refractivity contribution in [3.63, 3.8) is 0 Å². The predicted molar refractivity (Wildman–Crippen MR) is 74.5 cm³/mol. The van der Waals surface area contributed by atoms with Gasteiger partial charge >= 0.3 is 0 Å². The highest BCUT2D eigenvalue weighted by Gasteiger charge is 2.05. The second-order valence-corrected chi connectivity index (χ2v) is 4.64. The minimum atomic E-state index is 1.13. The van der Waals surface area contributed by atoms with Gasteiger partial charge in [0, 0.05) is 23.6 Å². The average Bonchev–Trinajstić information content (AvgIpc) is 2.73. The highest BCUT2D eigenvalue weighted by Crippen LogP contribution is 2.20. The number of nitrogens with zero attached hydrogens (tertiary/aromatic N) is 1. The molecule has 0 saturated heterocycles. The molecule has 92 valence electrons. The zero-order valence-corrected chi connectivity index (χ0v) is 11.1. The Morgan fingerprint density at radius 2 is 1.94 bits per heavy atom. The molecule has 0 amide bonds. The summed E-state index contributed by atoms with van der Waals surface area (Å²) >= 11 is 0. The normalized spacial score (nSPS) is 11.5. The maximum Gasteiger partial charge on any atom is 0.0456 e. The molecule has 0 bridgehead atoms. The number of rotatable bonds is 5. The molecule has 1 N–H and O–H groups in total. The molecular weight excluding hydrogens is 208 g/mol. The van der Waals surface area contributed by atoms with E-state index in [1.54, 1.807) is 0 Å². The van der Waals surface area contributed by atoms with Crippen LogP contribution in [0.3, 0.4) is 0 Å². The Labute approximate surface area is 104 Å². The summed E-state index contributed by atoms with van der Waals surface area (Å²) in [4.78, 5) is 5.82. The number of aromatic nitrogens is 1. The number of aromatic amines is 1. The molecule has 17 heavy (non-hydrogen) atoms. The van der Waals surface area contributed by atoms with Crippen molar-refractivity contribution >= 4 is 10.9 Å². The molecule has 0 spiro atoms. The third kappa shape index (κ3) is 2.70. The zero-order valence-electron chi connectivity index (χ0n) is 11.1. The first-order chi connectivity index (χ1) is 8.24. The number of benzene rings is 1. The first kappa shape index (κ1) is 12.2. The molecule has 1 heterocycles. The molecule has 1 aromatic heterocycles. The van der Waals surface area contributed by atoms with E-state index >= 15 is 0 Å². The van der Waals surface area contributed by atoms with E-state index in [0.29, 0.717) is 0 Å². The third-order valence-electron chi connectivity index (χ3n) is 3.51. The fraction of sp³-hybridized carbons (Fsp3) is 0.467. The van der Waals surface area contributed by atoms with Gasteiger partial charge in [0.05, 0.1) is 0 Å². The van der Waals surface area contributed by atoms with Crippen LogP contribution in [0.25, 0.3) is 10.9 Å². The first-order valence-electron chi connectivity index (χ1n) is 6.53. The van der Waals surface area contributed by atoms with Crippen molar-refractivity contribution < 1.29 is 0 Å². The van der Waals surface area contributed by atoms with Crippen LogP contribution < -0.4 is 0 Å². The summed E-state index contributed by atoms with van der Waals surface area (Å²) in [5.74, 6) is 0. The molecule has 0 aliphatic carbocycles. The number of likely N-dealkylation sites (N-methyl/N-ethyl adjacent to an activating group) is 1. The van der Waals surface area contributed by atoms with Gasteiger partial charge in [0.15, 0.2) is 0 Å². The molecule has 1 aromatic carbocycles. The van der Waals surface area contributed by atoms with Crippen molar-refractivity contribution in [2.45, 2.75) is 27.2 Å². The Kier molecular flexibility index (Phi) is 3.85. The van der Waals surface area contributed by atoms with E-state index in [4.69, 9.17) is 0 Å². The molecule has 0 aliphatic rings. The van der Waals surface area contributed by atoms with Crippen molar-refractivity contribution in [3.05, 3.63) is 35.5 Å². The first-order valence-corrected chi connectivity index (χ1v) is 6.53. The van der Waals surface area contributed by atoms with E-state index in [1.165, 1.54) is 22.0 Å². The number of hydrogen-bond donors (Lipinski definition) is 1. The molecule has 0 fully saturated rings. The lowest BCUT2D eigenvalue weighted by Crippen LogP contribution is -2.25. The van der Waals surface area contributed by atoms with Crippen LogP contribution in [-0.2, 0) is 6.42 Å². The molecule has 0 atom stereocenters. The number of nitrogens with one attached hydrogen (secondary N) is 1. The highest BCUT2D eigenvalue weighted by atomic mass is 15.1. The van der Waals surface area contributed by atoms with Crippen molar-refractivity contribution in [2.75, 3.05) is 19.6 Å². The SMILES string of the molecule is CCN(CC)CCc1c[nH]c2ccc(C)cc12. The van der Waals surface area contributed by atoms with E-state index < -0.39 is 0 Å². The van der Waals surface area contributed by atoms with Gasteiger partial charge in [0.1, 0.15) is 0 Å². The summed E-state index contributed by atoms with van der Waals surface area (Å²) in [6.07, 6.45) is 3.29. The van der Waals surface area contributed by atoms with Crippen LogP contribution in [0.1, 0.15) is 25.0 Å². The van der Waals surface area contributed by atoms with Crippen molar-refractivity contribution in [1.82, 2.24) is 9.88 Å². The van der Waals surface area contributed by atoms with Gasteiger partial charge in [-0.1, -0.05) is 25.5 Å². The van der Waals surface area contributed by atoms with Gasteiger partial charge < -0.3 is 9.88 Å². The molecule has 2 aromatic rings. The predicted octanol–water partition coefficient (Wildman–Crippen LogP) is 3.36. The third-order valence-corrected chi connectivity index (χ3v) is 3.51. The number of fused-ring (bicyclic) bond motifs is 1. The standard InChI is InChI=1S/C15H22N2/c1-4-17(5-2)9-8-13-11-16-15-7-6-12(3)10-14(13)15/h6-7,10-11,16H,4-5,8-9H2,1-3H3. The van der Waals surface area contributed by atoms with Crippen molar-refractivity contribution in [2.24, 2.45) is 0 Å². The van der Waals surface area contributed by atoms with Crippen LogP contribution in [0.15, 0.2) is 24.4 Å². The van der Waals surface area contributed by atoms with Crippen LogP contribution in [-0.4, -0.2) is 29.5 Å². The summed E-state index contributed by atoms with van der Waals surface area (Å²) in [7, 11) is 0. The molecule has 0 aliphatic heterocycles. The van der Waals surface area contributed by atoms with Gasteiger partial charge in [-0.2, -0.15) is 0 Å². The van der Waals surface area contributed by atoms with Crippen LogP contribution in [0.2, 0.25) is 0 Å². The molecule has 0 saturated carbocycles. The summed E-state index contributed by atoms with van der Waals surface area (Å²) in [6.45, 7) is 10.0. The topological polar surface area (TPSA) is 19.0 Å². The Morgan fingerprint density at radius 1 is 1.18 bits per heavy atom. The van der Waals surface area contributed by atoms with Gasteiger partial charge in [0.25, 0.3) is 0 Å². The largest absolute Gasteiger partial charge is 0.361 e. The summed E-state index contributed by atoms with van der Waals surface area (Å²) in [5.41, 5.74) is 4.03. The monoisotopic (exact) mass is 230 g/mol. The quantitative estimate of drug-likeness (QED) is 0.834. The van der Waals surface area contributed by atoms with Crippen LogP contribution in [0.5, 0.6) is 0 Å². The molecule has 0 radical (unpaired) electrons. The molecule has 2 heteroatoms. The second kappa shape index (κ2) is 5.37. The maximum absolute atomic E-state index is 3.36. The van der Waals surface area contributed by atoms with Crippen molar-refractivity contribution in [1.29, 1.82) is 0 Å². The summed E-state index contributed by atoms with van der Waals surface area (Å²) < 4.78 is 0. The maximum atomic E-state index is 3.36. The van der Waals surface area contributed by atoms with E-state index in [1.807, 2.05) is 0 Å². The van der Waals surface area contributed by atoms with E-state index in [9.17, 15) is 0 Å². The smallest absolute Gasteiger partial charge is 0.0456 e. The van der Waals surface area contributed by atoms with Crippen LogP contribution in [0.4, 0.5) is 0 Å². The van der Waals surface area contributed by atoms with Gasteiger partial charge in [-0.05, 0) is 44.1 Å². The fourth-order valence-electron chi connectivity index (χ4n) is 2.32.